The third-order valence-electron chi connectivity index (χ3n) is 3.49. The highest BCUT2D eigenvalue weighted by molar-refractivity contribution is 7.89. The Bertz CT molecular complexity index is 870. The molecule has 0 aliphatic rings. The van der Waals surface area contributed by atoms with Gasteiger partial charge in [0.25, 0.3) is 0 Å². The second kappa shape index (κ2) is 8.40. The first-order valence-corrected chi connectivity index (χ1v) is 9.28. The van der Waals surface area contributed by atoms with Gasteiger partial charge in [-0.2, -0.15) is 13.2 Å². The molecule has 0 saturated carbocycles. The van der Waals surface area contributed by atoms with Gasteiger partial charge in [-0.3, -0.25) is 4.79 Å². The molecular formula is C17H18F3N3O3S. The molecule has 2 rings (SSSR count). The summed E-state index contributed by atoms with van der Waals surface area (Å²) in [5.41, 5.74) is 1.18. The Balaban J connectivity index is 1.96. The van der Waals surface area contributed by atoms with Crippen molar-refractivity contribution in [2.75, 3.05) is 30.4 Å². The monoisotopic (exact) mass is 401 g/mol. The number of rotatable bonds is 7. The Kier molecular flexibility index (Phi) is 6.45. The number of hydrogen-bond acceptors (Lipinski definition) is 4. The summed E-state index contributed by atoms with van der Waals surface area (Å²) in [5.74, 6) is -0.327. The first kappa shape index (κ1) is 20.7. The largest absolute Gasteiger partial charge is 0.402 e. The van der Waals surface area contributed by atoms with E-state index in [4.69, 9.17) is 0 Å². The molecule has 0 fully saturated rings. The van der Waals surface area contributed by atoms with Gasteiger partial charge in [-0.25, -0.2) is 13.1 Å². The third-order valence-corrected chi connectivity index (χ3v) is 4.91. The van der Waals surface area contributed by atoms with Crippen molar-refractivity contribution in [1.82, 2.24) is 4.72 Å². The van der Waals surface area contributed by atoms with Gasteiger partial charge in [0.05, 0.1) is 11.4 Å². The fourth-order valence-electron chi connectivity index (χ4n) is 2.17. The molecule has 1 amide bonds. The summed E-state index contributed by atoms with van der Waals surface area (Å²) in [6.45, 7) is -1.59. The van der Waals surface area contributed by atoms with Crippen LogP contribution in [0.2, 0.25) is 0 Å². The highest BCUT2D eigenvalue weighted by Crippen LogP contribution is 2.17. The van der Waals surface area contributed by atoms with Crippen molar-refractivity contribution in [1.29, 1.82) is 0 Å². The van der Waals surface area contributed by atoms with Crippen LogP contribution in [-0.4, -0.2) is 40.6 Å². The van der Waals surface area contributed by atoms with Gasteiger partial charge in [-0.1, -0.05) is 18.2 Å². The molecule has 0 bridgehead atoms. The zero-order chi connectivity index (χ0) is 20.1. The molecule has 27 heavy (non-hydrogen) atoms. The highest BCUT2D eigenvalue weighted by atomic mass is 32.2. The minimum absolute atomic E-state index is 0.0667. The second-order valence-electron chi connectivity index (χ2n) is 5.70. The number of nitrogens with zero attached hydrogens (tertiary/aromatic N) is 1. The van der Waals surface area contributed by atoms with Gasteiger partial charge in [0.15, 0.2) is 0 Å². The fourth-order valence-corrected chi connectivity index (χ4v) is 3.18. The predicted molar refractivity (Wildman–Crippen MR) is 96.0 cm³/mol. The molecule has 2 aromatic carbocycles. The molecule has 0 aliphatic carbocycles. The molecular weight excluding hydrogens is 383 g/mol. The van der Waals surface area contributed by atoms with E-state index in [-0.39, 0.29) is 17.3 Å². The predicted octanol–water partition coefficient (Wildman–Crippen LogP) is 2.60. The quantitative estimate of drug-likeness (QED) is 0.748. The molecule has 2 aromatic rings. The number of likely N-dealkylation sites (N-methyl/N-ethyl adjacent to an activating group) is 1. The maximum absolute atomic E-state index is 12.2. The van der Waals surface area contributed by atoms with Gasteiger partial charge >= 0.3 is 6.18 Å². The molecule has 0 saturated heterocycles. The van der Waals surface area contributed by atoms with Crippen LogP contribution >= 0.6 is 0 Å². The van der Waals surface area contributed by atoms with Crippen LogP contribution in [0.1, 0.15) is 0 Å². The summed E-state index contributed by atoms with van der Waals surface area (Å²) in [6, 6.07) is 14.1. The lowest BCUT2D eigenvalue weighted by Gasteiger charge is -2.18. The van der Waals surface area contributed by atoms with Crippen LogP contribution in [0.3, 0.4) is 0 Å². The number of amides is 1. The molecule has 6 nitrogen and oxygen atoms in total. The maximum Gasteiger partial charge on any atom is 0.402 e. The zero-order valence-electron chi connectivity index (χ0n) is 14.3. The Morgan fingerprint density at radius 3 is 2.19 bits per heavy atom. The number of carbonyl (C=O) groups is 1. The number of hydrogen-bond donors (Lipinski definition) is 2. The molecule has 0 aliphatic heterocycles. The van der Waals surface area contributed by atoms with E-state index in [0.29, 0.717) is 5.69 Å². The summed E-state index contributed by atoms with van der Waals surface area (Å²) in [6.07, 6.45) is -4.65. The molecule has 0 aromatic heterocycles. The van der Waals surface area contributed by atoms with Crippen LogP contribution in [0.5, 0.6) is 0 Å². The van der Waals surface area contributed by atoms with Crippen molar-refractivity contribution in [3.63, 3.8) is 0 Å². The van der Waals surface area contributed by atoms with Crippen molar-refractivity contribution in [2.24, 2.45) is 0 Å². The number of nitrogens with one attached hydrogen (secondary N) is 2. The van der Waals surface area contributed by atoms with Crippen molar-refractivity contribution in [3.8, 4) is 0 Å². The van der Waals surface area contributed by atoms with E-state index < -0.39 is 22.7 Å². The van der Waals surface area contributed by atoms with Crippen molar-refractivity contribution in [3.05, 3.63) is 54.6 Å². The van der Waals surface area contributed by atoms with Crippen molar-refractivity contribution in [2.45, 2.75) is 11.1 Å². The molecule has 0 unspecified atom stereocenters. The normalized spacial score (nSPS) is 11.9. The van der Waals surface area contributed by atoms with Crippen LogP contribution in [0.15, 0.2) is 59.5 Å². The van der Waals surface area contributed by atoms with Gasteiger partial charge in [-0.15, -0.1) is 0 Å². The molecule has 0 heterocycles. The summed E-state index contributed by atoms with van der Waals surface area (Å²) < 4.78 is 61.6. The van der Waals surface area contributed by atoms with Gasteiger partial charge < -0.3 is 10.2 Å². The van der Waals surface area contributed by atoms with E-state index in [1.54, 1.807) is 11.9 Å². The minimum atomic E-state index is -4.65. The Morgan fingerprint density at radius 2 is 1.63 bits per heavy atom. The van der Waals surface area contributed by atoms with Crippen LogP contribution in [-0.2, 0) is 14.8 Å². The molecule has 0 atom stereocenters. The summed E-state index contributed by atoms with van der Waals surface area (Å²) in [4.78, 5) is 13.5. The Hall–Kier alpha value is -2.59. The van der Waals surface area contributed by atoms with Crippen LogP contribution in [0.4, 0.5) is 24.5 Å². The number of halogens is 3. The molecule has 2 N–H and O–H groups in total. The summed E-state index contributed by atoms with van der Waals surface area (Å²) in [5, 5.41) is 2.60. The average molecular weight is 401 g/mol. The Morgan fingerprint density at radius 1 is 1.04 bits per heavy atom. The molecule has 146 valence electrons. The lowest BCUT2D eigenvalue weighted by atomic mass is 10.3. The number of anilines is 2. The first-order chi connectivity index (χ1) is 12.6. The van der Waals surface area contributed by atoms with Gasteiger partial charge in [-0.05, 0) is 36.4 Å². The third kappa shape index (κ3) is 6.57. The van der Waals surface area contributed by atoms with Gasteiger partial charge in [0, 0.05) is 18.4 Å². The standard InChI is InChI=1S/C17H18F3N3O3S/c1-23(14-5-3-2-4-6-14)11-16(24)22-13-7-9-15(10-8-13)27(25,26)21-12-17(18,19)20/h2-10,21H,11-12H2,1H3,(H,22,24). The van der Waals surface area contributed by atoms with E-state index in [1.807, 2.05) is 30.3 Å². The van der Waals surface area contributed by atoms with Crippen LogP contribution in [0.25, 0.3) is 0 Å². The van der Waals surface area contributed by atoms with E-state index in [9.17, 15) is 26.4 Å². The molecule has 0 radical (unpaired) electrons. The van der Waals surface area contributed by atoms with Gasteiger partial charge in [0.2, 0.25) is 15.9 Å². The number of para-hydroxylation sites is 1. The zero-order valence-corrected chi connectivity index (χ0v) is 15.1. The Labute approximate surface area is 155 Å². The maximum atomic E-state index is 12.2. The lowest BCUT2D eigenvalue weighted by molar-refractivity contribution is -0.121. The summed E-state index contributed by atoms with van der Waals surface area (Å²) >= 11 is 0. The first-order valence-electron chi connectivity index (χ1n) is 7.79. The second-order valence-corrected chi connectivity index (χ2v) is 7.47. The van der Waals surface area contributed by atoms with Crippen molar-refractivity contribution >= 4 is 27.3 Å². The average Bonchev–Trinajstić information content (AvgIpc) is 2.61. The smallest absolute Gasteiger partial charge is 0.365 e. The fraction of sp³-hybridized carbons (Fsp3) is 0.235. The number of alkyl halides is 3. The molecule has 10 heteroatoms. The SMILES string of the molecule is CN(CC(=O)Nc1ccc(S(=O)(=O)NCC(F)(F)F)cc1)c1ccccc1. The number of carbonyl (C=O) groups excluding carboxylic acids is 1. The van der Waals surface area contributed by atoms with E-state index >= 15 is 0 Å². The summed E-state index contributed by atoms with van der Waals surface area (Å²) in [7, 11) is -2.54. The van der Waals surface area contributed by atoms with Crippen molar-refractivity contribution < 1.29 is 26.4 Å². The lowest BCUT2D eigenvalue weighted by Crippen LogP contribution is -2.33. The van der Waals surface area contributed by atoms with E-state index in [2.05, 4.69) is 5.32 Å². The molecule has 0 spiro atoms. The topological polar surface area (TPSA) is 78.5 Å². The van der Waals surface area contributed by atoms with E-state index in [0.717, 1.165) is 17.8 Å². The van der Waals surface area contributed by atoms with E-state index in [1.165, 1.54) is 16.9 Å². The highest BCUT2D eigenvalue weighted by Gasteiger charge is 2.30. The number of sulfonamides is 1. The van der Waals surface area contributed by atoms with Crippen LogP contribution in [0, 0.1) is 0 Å². The van der Waals surface area contributed by atoms with Crippen LogP contribution < -0.4 is 14.9 Å². The van der Waals surface area contributed by atoms with Gasteiger partial charge in [0.1, 0.15) is 6.54 Å². The minimum Gasteiger partial charge on any atom is -0.365 e. The number of benzene rings is 2.